The molecule has 0 fully saturated rings. The third kappa shape index (κ3) is 5.37. The first-order chi connectivity index (χ1) is 13.3. The molecule has 1 atom stereocenters. The van der Waals surface area contributed by atoms with E-state index in [1.807, 2.05) is 30.3 Å². The Morgan fingerprint density at radius 3 is 2.46 bits per heavy atom. The van der Waals surface area contributed by atoms with Gasteiger partial charge >= 0.3 is 0 Å². The number of aromatic nitrogens is 1. The average Bonchev–Trinajstić information content (AvgIpc) is 2.66. The highest BCUT2D eigenvalue weighted by Gasteiger charge is 2.11. The number of nitrogens with one attached hydrogen (secondary N) is 2. The van der Waals surface area contributed by atoms with Gasteiger partial charge in [-0.15, -0.1) is 0 Å². The third-order valence-electron chi connectivity index (χ3n) is 4.37. The fourth-order valence-corrected chi connectivity index (χ4v) is 3.47. The van der Waals surface area contributed by atoms with Crippen LogP contribution < -0.4 is 10.0 Å². The van der Waals surface area contributed by atoms with Gasteiger partial charge < -0.3 is 5.32 Å². The average molecular weight is 398 g/mol. The smallest absolute Gasteiger partial charge is 0.229 e. The molecule has 7 heteroatoms. The van der Waals surface area contributed by atoms with Crippen molar-refractivity contribution in [2.24, 2.45) is 0 Å². The second-order valence-electron chi connectivity index (χ2n) is 6.84. The summed E-state index contributed by atoms with van der Waals surface area (Å²) in [5.74, 6) is 0.114. The van der Waals surface area contributed by atoms with Crippen molar-refractivity contribution in [3.8, 4) is 0 Å². The Labute approximate surface area is 165 Å². The van der Waals surface area contributed by atoms with Gasteiger partial charge in [0, 0.05) is 34.8 Å². The van der Waals surface area contributed by atoms with Crippen molar-refractivity contribution >= 4 is 32.4 Å². The fraction of sp³-hybridized carbons (Fsp3) is 0.238. The lowest BCUT2D eigenvalue weighted by atomic mass is 10.1. The number of para-hydroxylation sites is 1. The first-order valence-corrected chi connectivity index (χ1v) is 10.9. The molecule has 3 aromatic rings. The molecular weight excluding hydrogens is 374 g/mol. The second kappa shape index (κ2) is 8.50. The zero-order valence-corrected chi connectivity index (χ0v) is 16.7. The normalized spacial score (nSPS) is 12.6. The van der Waals surface area contributed by atoms with Gasteiger partial charge in [0.15, 0.2) is 5.78 Å². The molecule has 2 aromatic carbocycles. The first-order valence-electron chi connectivity index (χ1n) is 8.99. The fourth-order valence-electron chi connectivity index (χ4n) is 2.90. The number of hydrogen-bond donors (Lipinski definition) is 2. The molecule has 3 rings (SSSR count). The molecule has 0 spiro atoms. The summed E-state index contributed by atoms with van der Waals surface area (Å²) in [7, 11) is -3.33. The number of ketones is 1. The lowest BCUT2D eigenvalue weighted by Gasteiger charge is -2.13. The Morgan fingerprint density at radius 2 is 1.75 bits per heavy atom. The molecule has 6 nitrogen and oxygen atoms in total. The van der Waals surface area contributed by atoms with Gasteiger partial charge in [-0.2, -0.15) is 0 Å². The number of Topliss-reactive ketones (excluding diaryl/α,β-unsaturated/α-hetero) is 1. The van der Waals surface area contributed by atoms with Gasteiger partial charge in [0.05, 0.1) is 18.3 Å². The molecule has 0 aliphatic heterocycles. The molecule has 1 aromatic heterocycles. The Balaban J connectivity index is 1.54. The van der Waals surface area contributed by atoms with Gasteiger partial charge in [0.25, 0.3) is 0 Å². The van der Waals surface area contributed by atoms with E-state index < -0.39 is 10.0 Å². The molecule has 146 valence electrons. The van der Waals surface area contributed by atoms with Crippen molar-refractivity contribution in [3.63, 3.8) is 0 Å². The molecule has 0 aliphatic carbocycles. The SMILES string of the molecule is CC(CNCC(=O)c1ccc(NS(C)(=O)=O)cc1)c1ccc2ccccc2n1. The van der Waals surface area contributed by atoms with Crippen molar-refractivity contribution in [1.82, 2.24) is 10.3 Å². The number of carbonyl (C=O) groups is 1. The number of benzene rings is 2. The summed E-state index contributed by atoms with van der Waals surface area (Å²) in [6.07, 6.45) is 1.08. The predicted molar refractivity (Wildman–Crippen MR) is 112 cm³/mol. The zero-order valence-electron chi connectivity index (χ0n) is 15.8. The Morgan fingerprint density at radius 1 is 1.04 bits per heavy atom. The van der Waals surface area contributed by atoms with Crippen LogP contribution in [-0.2, 0) is 10.0 Å². The molecule has 0 radical (unpaired) electrons. The maximum absolute atomic E-state index is 12.3. The van der Waals surface area contributed by atoms with E-state index in [1.54, 1.807) is 24.3 Å². The second-order valence-corrected chi connectivity index (χ2v) is 8.58. The van der Waals surface area contributed by atoms with Crippen LogP contribution in [0.4, 0.5) is 5.69 Å². The van der Waals surface area contributed by atoms with Crippen molar-refractivity contribution < 1.29 is 13.2 Å². The third-order valence-corrected chi connectivity index (χ3v) is 4.98. The highest BCUT2D eigenvalue weighted by atomic mass is 32.2. The van der Waals surface area contributed by atoms with Gasteiger partial charge in [0.2, 0.25) is 10.0 Å². The number of rotatable bonds is 8. The molecular formula is C21H23N3O3S. The van der Waals surface area contributed by atoms with Gasteiger partial charge in [-0.1, -0.05) is 31.2 Å². The van der Waals surface area contributed by atoms with Crippen LogP contribution in [0.5, 0.6) is 0 Å². The summed E-state index contributed by atoms with van der Waals surface area (Å²) < 4.78 is 24.8. The summed E-state index contributed by atoms with van der Waals surface area (Å²) in [5, 5.41) is 4.29. The summed E-state index contributed by atoms with van der Waals surface area (Å²) in [5.41, 5.74) is 2.91. The summed E-state index contributed by atoms with van der Waals surface area (Å²) >= 11 is 0. The van der Waals surface area contributed by atoms with E-state index >= 15 is 0 Å². The van der Waals surface area contributed by atoms with E-state index in [0.717, 1.165) is 22.9 Å². The molecule has 0 saturated heterocycles. The molecule has 0 bridgehead atoms. The van der Waals surface area contributed by atoms with Crippen LogP contribution >= 0.6 is 0 Å². The van der Waals surface area contributed by atoms with Crippen molar-refractivity contribution in [3.05, 3.63) is 71.9 Å². The van der Waals surface area contributed by atoms with Crippen molar-refractivity contribution in [1.29, 1.82) is 0 Å². The monoisotopic (exact) mass is 397 g/mol. The zero-order chi connectivity index (χ0) is 20.1. The largest absolute Gasteiger partial charge is 0.309 e. The summed E-state index contributed by atoms with van der Waals surface area (Å²) in [6.45, 7) is 2.90. The van der Waals surface area contributed by atoms with Gasteiger partial charge in [0.1, 0.15) is 0 Å². The molecule has 2 N–H and O–H groups in total. The Hall–Kier alpha value is -2.77. The summed E-state index contributed by atoms with van der Waals surface area (Å²) in [6, 6.07) is 18.5. The standard InChI is InChI=1S/C21H23N3O3S/c1-15(19-12-9-16-5-3-4-6-20(16)23-19)13-22-14-21(25)17-7-10-18(11-8-17)24-28(2,26)27/h3-12,15,22,24H,13-14H2,1-2H3. The maximum atomic E-state index is 12.3. The van der Waals surface area contributed by atoms with Crippen LogP contribution in [0, 0.1) is 0 Å². The minimum Gasteiger partial charge on any atom is -0.309 e. The van der Waals surface area contributed by atoms with E-state index in [2.05, 4.69) is 28.0 Å². The summed E-state index contributed by atoms with van der Waals surface area (Å²) in [4.78, 5) is 17.0. The lowest BCUT2D eigenvalue weighted by Crippen LogP contribution is -2.27. The maximum Gasteiger partial charge on any atom is 0.229 e. The highest BCUT2D eigenvalue weighted by molar-refractivity contribution is 7.92. The van der Waals surface area contributed by atoms with Gasteiger partial charge in [-0.05, 0) is 36.4 Å². The van der Waals surface area contributed by atoms with E-state index in [4.69, 9.17) is 0 Å². The van der Waals surface area contributed by atoms with E-state index in [1.165, 1.54) is 0 Å². The number of nitrogens with zero attached hydrogens (tertiary/aromatic N) is 1. The van der Waals surface area contributed by atoms with Crippen LogP contribution in [0.1, 0.15) is 28.9 Å². The molecule has 0 saturated carbocycles. The van der Waals surface area contributed by atoms with Crippen LogP contribution in [-0.4, -0.2) is 38.5 Å². The quantitative estimate of drug-likeness (QED) is 0.570. The van der Waals surface area contributed by atoms with Crippen LogP contribution in [0.3, 0.4) is 0 Å². The van der Waals surface area contributed by atoms with Crippen molar-refractivity contribution in [2.45, 2.75) is 12.8 Å². The van der Waals surface area contributed by atoms with E-state index in [9.17, 15) is 13.2 Å². The Kier molecular flexibility index (Phi) is 6.06. The van der Waals surface area contributed by atoms with Crippen LogP contribution in [0.25, 0.3) is 10.9 Å². The number of hydrogen-bond acceptors (Lipinski definition) is 5. The first kappa shape index (κ1) is 20.0. The van der Waals surface area contributed by atoms with E-state index in [0.29, 0.717) is 17.8 Å². The minimum absolute atomic E-state index is 0.0513. The lowest BCUT2D eigenvalue weighted by molar-refractivity contribution is 0.0991. The molecule has 0 aliphatic rings. The topological polar surface area (TPSA) is 88.2 Å². The molecule has 28 heavy (non-hydrogen) atoms. The Bertz CT molecular complexity index is 1080. The van der Waals surface area contributed by atoms with E-state index in [-0.39, 0.29) is 18.2 Å². The number of carbonyl (C=O) groups excluding carboxylic acids is 1. The molecule has 1 unspecified atom stereocenters. The van der Waals surface area contributed by atoms with Crippen molar-refractivity contribution in [2.75, 3.05) is 24.1 Å². The number of sulfonamides is 1. The molecule has 0 amide bonds. The van der Waals surface area contributed by atoms with Gasteiger partial charge in [-0.25, -0.2) is 8.42 Å². The number of fused-ring (bicyclic) bond motifs is 1. The predicted octanol–water partition coefficient (Wildman–Crippen LogP) is 3.18. The van der Waals surface area contributed by atoms with Crippen LogP contribution in [0.2, 0.25) is 0 Å². The minimum atomic E-state index is -3.33. The molecule has 1 heterocycles. The number of anilines is 1. The highest BCUT2D eigenvalue weighted by Crippen LogP contribution is 2.17. The van der Waals surface area contributed by atoms with Gasteiger partial charge in [-0.3, -0.25) is 14.5 Å². The number of pyridine rings is 1. The van der Waals surface area contributed by atoms with Crippen LogP contribution in [0.15, 0.2) is 60.7 Å².